The number of aliphatic hydroxyl groups is 1. The van der Waals surface area contributed by atoms with Crippen LogP contribution < -0.4 is 0 Å². The van der Waals surface area contributed by atoms with Gasteiger partial charge in [0.15, 0.2) is 0 Å². The average molecular weight is 273 g/mol. The molecule has 0 spiro atoms. The van der Waals surface area contributed by atoms with Crippen molar-refractivity contribution in [2.45, 2.75) is 33.0 Å². The molecule has 0 radical (unpaired) electrons. The summed E-state index contributed by atoms with van der Waals surface area (Å²) in [6.45, 7) is 6.27. The smallest absolute Gasteiger partial charge is 0.102 e. The summed E-state index contributed by atoms with van der Waals surface area (Å²) in [4.78, 5) is 0. The highest BCUT2D eigenvalue weighted by Gasteiger charge is 2.09. The summed E-state index contributed by atoms with van der Waals surface area (Å²) in [5.74, 6) is 0. The van der Waals surface area contributed by atoms with Crippen molar-refractivity contribution in [3.05, 3.63) is 33.8 Å². The van der Waals surface area contributed by atoms with Crippen molar-refractivity contribution in [2.24, 2.45) is 0 Å². The van der Waals surface area contributed by atoms with Crippen LogP contribution in [0, 0.1) is 6.92 Å². The molecule has 0 aliphatic heterocycles. The molecule has 1 atom stereocenters. The van der Waals surface area contributed by atoms with Crippen LogP contribution >= 0.6 is 15.9 Å². The summed E-state index contributed by atoms with van der Waals surface area (Å²) in [6, 6.07) is 5.84. The highest BCUT2D eigenvalue weighted by atomic mass is 79.9. The molecular formula is C12H17BrO2. The van der Waals surface area contributed by atoms with Gasteiger partial charge in [-0.05, 0) is 38.0 Å². The molecule has 1 N–H and O–H groups in total. The molecule has 1 rings (SSSR count). The summed E-state index contributed by atoms with van der Waals surface area (Å²) in [7, 11) is 0. The van der Waals surface area contributed by atoms with Gasteiger partial charge in [-0.3, -0.25) is 0 Å². The van der Waals surface area contributed by atoms with E-state index in [0.29, 0.717) is 6.61 Å². The number of aryl methyl sites for hydroxylation is 1. The number of aliphatic hydroxyl groups excluding tert-OH is 1. The molecule has 84 valence electrons. The maximum Gasteiger partial charge on any atom is 0.102 e. The van der Waals surface area contributed by atoms with E-state index in [1.165, 1.54) is 0 Å². The van der Waals surface area contributed by atoms with Crippen LogP contribution in [0.4, 0.5) is 0 Å². The Labute approximate surface area is 99.4 Å². The minimum Gasteiger partial charge on any atom is -0.386 e. The third-order valence-electron chi connectivity index (χ3n) is 2.17. The number of ether oxygens (including phenoxy) is 1. The number of benzene rings is 1. The lowest BCUT2D eigenvalue weighted by molar-refractivity contribution is 0.00490. The molecule has 0 heterocycles. The van der Waals surface area contributed by atoms with E-state index >= 15 is 0 Å². The zero-order chi connectivity index (χ0) is 11.4. The Morgan fingerprint density at radius 2 is 2.07 bits per heavy atom. The molecule has 15 heavy (non-hydrogen) atoms. The summed E-state index contributed by atoms with van der Waals surface area (Å²) >= 11 is 3.44. The molecule has 2 nitrogen and oxygen atoms in total. The van der Waals surface area contributed by atoms with Gasteiger partial charge in [0.2, 0.25) is 0 Å². The predicted molar refractivity (Wildman–Crippen MR) is 64.9 cm³/mol. The molecule has 0 aliphatic carbocycles. The van der Waals surface area contributed by atoms with Crippen molar-refractivity contribution in [1.82, 2.24) is 0 Å². The lowest BCUT2D eigenvalue weighted by Gasteiger charge is -2.14. The van der Waals surface area contributed by atoms with E-state index in [4.69, 9.17) is 4.74 Å². The van der Waals surface area contributed by atoms with Crippen molar-refractivity contribution < 1.29 is 9.84 Å². The van der Waals surface area contributed by atoms with Gasteiger partial charge >= 0.3 is 0 Å². The molecule has 3 heteroatoms. The van der Waals surface area contributed by atoms with Gasteiger partial charge < -0.3 is 9.84 Å². The van der Waals surface area contributed by atoms with Crippen molar-refractivity contribution in [3.63, 3.8) is 0 Å². The van der Waals surface area contributed by atoms with Crippen molar-refractivity contribution in [2.75, 3.05) is 6.61 Å². The number of rotatable bonds is 4. The summed E-state index contributed by atoms with van der Waals surface area (Å²) in [5.41, 5.74) is 2.05. The van der Waals surface area contributed by atoms with E-state index in [9.17, 15) is 5.11 Å². The molecule has 0 aromatic heterocycles. The largest absolute Gasteiger partial charge is 0.386 e. The van der Waals surface area contributed by atoms with Crippen LogP contribution in [0.2, 0.25) is 0 Å². The number of hydrogen-bond acceptors (Lipinski definition) is 2. The van der Waals surface area contributed by atoms with Crippen molar-refractivity contribution in [3.8, 4) is 0 Å². The first-order valence-electron chi connectivity index (χ1n) is 5.06. The van der Waals surface area contributed by atoms with Crippen LogP contribution in [0.3, 0.4) is 0 Å². The van der Waals surface area contributed by atoms with Gasteiger partial charge in [0.1, 0.15) is 6.10 Å². The molecule has 0 saturated heterocycles. The zero-order valence-electron chi connectivity index (χ0n) is 9.33. The standard InChI is InChI=1S/C12H17BrO2/c1-8(2)15-7-12(14)10-5-4-9(3)11(13)6-10/h4-6,8,12,14H,7H2,1-3H3. The van der Waals surface area contributed by atoms with Crippen molar-refractivity contribution >= 4 is 15.9 Å². The highest BCUT2D eigenvalue weighted by molar-refractivity contribution is 9.10. The van der Waals surface area contributed by atoms with Crippen LogP contribution in [-0.2, 0) is 4.74 Å². The molecule has 1 unspecified atom stereocenters. The van der Waals surface area contributed by atoms with E-state index in [-0.39, 0.29) is 6.10 Å². The number of halogens is 1. The maximum absolute atomic E-state index is 9.84. The van der Waals surface area contributed by atoms with Crippen molar-refractivity contribution in [1.29, 1.82) is 0 Å². The Morgan fingerprint density at radius 3 is 2.60 bits per heavy atom. The van der Waals surface area contributed by atoms with Gasteiger partial charge in [0, 0.05) is 4.47 Å². The Bertz CT molecular complexity index is 323. The first kappa shape index (κ1) is 12.7. The van der Waals surface area contributed by atoms with E-state index in [1.54, 1.807) is 0 Å². The molecule has 0 aliphatic rings. The Hall–Kier alpha value is -0.380. The second-order valence-corrected chi connectivity index (χ2v) is 4.76. The normalized spacial score (nSPS) is 13.2. The molecule has 0 fully saturated rings. The quantitative estimate of drug-likeness (QED) is 0.912. The Morgan fingerprint density at radius 1 is 1.40 bits per heavy atom. The number of hydrogen-bond donors (Lipinski definition) is 1. The summed E-state index contributed by atoms with van der Waals surface area (Å²) < 4.78 is 6.38. The fourth-order valence-electron chi connectivity index (χ4n) is 1.20. The van der Waals surface area contributed by atoms with Crippen LogP contribution in [-0.4, -0.2) is 17.8 Å². The average Bonchev–Trinajstić information content (AvgIpc) is 2.18. The topological polar surface area (TPSA) is 29.5 Å². The van der Waals surface area contributed by atoms with Crippen LogP contribution in [0.25, 0.3) is 0 Å². The fraction of sp³-hybridized carbons (Fsp3) is 0.500. The highest BCUT2D eigenvalue weighted by Crippen LogP contribution is 2.22. The lowest BCUT2D eigenvalue weighted by Crippen LogP contribution is -2.11. The second kappa shape index (κ2) is 5.64. The van der Waals surface area contributed by atoms with Gasteiger partial charge in [0.25, 0.3) is 0 Å². The molecule has 0 bridgehead atoms. The van der Waals surface area contributed by atoms with E-state index < -0.39 is 6.10 Å². The second-order valence-electron chi connectivity index (χ2n) is 3.91. The summed E-state index contributed by atoms with van der Waals surface area (Å²) in [5, 5.41) is 9.84. The van der Waals surface area contributed by atoms with E-state index in [2.05, 4.69) is 15.9 Å². The van der Waals surface area contributed by atoms with Gasteiger partial charge in [0.05, 0.1) is 12.7 Å². The predicted octanol–water partition coefficient (Wildman–Crippen LogP) is 3.22. The Balaban J connectivity index is 2.65. The third-order valence-corrected chi connectivity index (χ3v) is 3.02. The lowest BCUT2D eigenvalue weighted by atomic mass is 10.1. The molecule has 1 aromatic carbocycles. The Kier molecular flexibility index (Phi) is 4.77. The summed E-state index contributed by atoms with van der Waals surface area (Å²) in [6.07, 6.45) is -0.405. The van der Waals surface area contributed by atoms with Gasteiger partial charge in [-0.25, -0.2) is 0 Å². The van der Waals surface area contributed by atoms with Crippen LogP contribution in [0.5, 0.6) is 0 Å². The molecule has 1 aromatic rings. The third kappa shape index (κ3) is 3.93. The van der Waals surface area contributed by atoms with Gasteiger partial charge in [-0.15, -0.1) is 0 Å². The van der Waals surface area contributed by atoms with Crippen LogP contribution in [0.15, 0.2) is 22.7 Å². The van der Waals surface area contributed by atoms with Crippen LogP contribution in [0.1, 0.15) is 31.1 Å². The first-order valence-corrected chi connectivity index (χ1v) is 5.85. The minimum atomic E-state index is -0.552. The first-order chi connectivity index (χ1) is 7.00. The minimum absolute atomic E-state index is 0.147. The zero-order valence-corrected chi connectivity index (χ0v) is 10.9. The molecular weight excluding hydrogens is 256 g/mol. The van der Waals surface area contributed by atoms with E-state index in [1.807, 2.05) is 39.0 Å². The monoisotopic (exact) mass is 272 g/mol. The van der Waals surface area contributed by atoms with Gasteiger partial charge in [-0.1, -0.05) is 28.1 Å². The fourth-order valence-corrected chi connectivity index (χ4v) is 1.59. The van der Waals surface area contributed by atoms with E-state index in [0.717, 1.165) is 15.6 Å². The molecule has 0 amide bonds. The maximum atomic E-state index is 9.84. The molecule has 0 saturated carbocycles. The SMILES string of the molecule is Cc1ccc(C(O)COC(C)C)cc1Br. The van der Waals surface area contributed by atoms with Gasteiger partial charge in [-0.2, -0.15) is 0 Å².